The lowest BCUT2D eigenvalue weighted by Crippen LogP contribution is -1.98. The average Bonchev–Trinajstić information content (AvgIpc) is 2.49. The van der Waals surface area contributed by atoms with Crippen LogP contribution < -0.4 is 0 Å². The van der Waals surface area contributed by atoms with Gasteiger partial charge in [-0.3, -0.25) is 0 Å². The molecule has 0 amide bonds. The van der Waals surface area contributed by atoms with Crippen molar-refractivity contribution in [1.82, 2.24) is 0 Å². The summed E-state index contributed by atoms with van der Waals surface area (Å²) in [5.41, 5.74) is 3.53. The molecule has 114 valence electrons. The molecule has 0 atom stereocenters. The van der Waals surface area contributed by atoms with Gasteiger partial charge in [-0.1, -0.05) is 47.7 Å². The number of benzene rings is 2. The molecule has 0 radical (unpaired) electrons. The minimum Gasteiger partial charge on any atom is -0.463 e. The molecule has 0 bridgehead atoms. The van der Waals surface area contributed by atoms with Gasteiger partial charge in [0.2, 0.25) is 0 Å². The van der Waals surface area contributed by atoms with Gasteiger partial charge in [-0.2, -0.15) is 0 Å². The molecule has 2 nitrogen and oxygen atoms in total. The highest BCUT2D eigenvalue weighted by Gasteiger charge is 2.05. The predicted molar refractivity (Wildman–Crippen MR) is 92.1 cm³/mol. The van der Waals surface area contributed by atoms with Gasteiger partial charge in [0, 0.05) is 15.9 Å². The molecule has 0 aliphatic carbocycles. The summed E-state index contributed by atoms with van der Waals surface area (Å²) < 4.78 is 4.92. The van der Waals surface area contributed by atoms with E-state index >= 15 is 0 Å². The van der Waals surface area contributed by atoms with Crippen LogP contribution in [0.2, 0.25) is 0 Å². The average molecular weight is 312 g/mol. The largest absolute Gasteiger partial charge is 0.463 e. The van der Waals surface area contributed by atoms with Gasteiger partial charge in [0.1, 0.15) is 0 Å². The molecule has 0 aliphatic rings. The fourth-order valence-electron chi connectivity index (χ4n) is 2.09. The summed E-state index contributed by atoms with van der Waals surface area (Å²) in [5, 5.41) is 0. The predicted octanol–water partition coefficient (Wildman–Crippen LogP) is 5.03. The molecule has 0 saturated carbocycles. The van der Waals surface area contributed by atoms with Gasteiger partial charge in [0.25, 0.3) is 0 Å². The molecule has 0 saturated heterocycles. The van der Waals surface area contributed by atoms with Gasteiger partial charge in [-0.05, 0) is 50.1 Å². The first kappa shape index (κ1) is 16.4. The maximum atomic E-state index is 11.5. The SMILES string of the molecule is CCOC(=O)C=Cc1ccccc1Sc1ccc(C)cc1C. The third-order valence-electron chi connectivity index (χ3n) is 3.15. The fraction of sp³-hybridized carbons (Fsp3) is 0.211. The maximum Gasteiger partial charge on any atom is 0.330 e. The van der Waals surface area contributed by atoms with Gasteiger partial charge in [-0.15, -0.1) is 0 Å². The van der Waals surface area contributed by atoms with Crippen molar-refractivity contribution < 1.29 is 9.53 Å². The Morgan fingerprint density at radius 2 is 1.91 bits per heavy atom. The molecule has 2 rings (SSSR count). The van der Waals surface area contributed by atoms with E-state index in [1.807, 2.05) is 24.3 Å². The molecule has 3 heteroatoms. The molecule has 0 heterocycles. The Labute approximate surface area is 136 Å². The van der Waals surface area contributed by atoms with Crippen LogP contribution in [0.1, 0.15) is 23.6 Å². The summed E-state index contributed by atoms with van der Waals surface area (Å²) >= 11 is 1.71. The zero-order valence-electron chi connectivity index (χ0n) is 13.1. The highest BCUT2D eigenvalue weighted by molar-refractivity contribution is 7.99. The van der Waals surface area contributed by atoms with E-state index in [0.717, 1.165) is 10.5 Å². The fourth-order valence-corrected chi connectivity index (χ4v) is 3.09. The summed E-state index contributed by atoms with van der Waals surface area (Å²) in [5.74, 6) is -0.311. The van der Waals surface area contributed by atoms with Crippen molar-refractivity contribution >= 4 is 23.8 Å². The molecular weight excluding hydrogens is 292 g/mol. The first-order valence-corrected chi connectivity index (χ1v) is 8.10. The highest BCUT2D eigenvalue weighted by atomic mass is 32.2. The van der Waals surface area contributed by atoms with Crippen molar-refractivity contribution in [2.45, 2.75) is 30.6 Å². The van der Waals surface area contributed by atoms with Crippen molar-refractivity contribution in [2.24, 2.45) is 0 Å². The Balaban J connectivity index is 2.23. The Morgan fingerprint density at radius 3 is 2.64 bits per heavy atom. The third-order valence-corrected chi connectivity index (χ3v) is 4.42. The second-order valence-electron chi connectivity index (χ2n) is 4.99. The molecule has 0 aliphatic heterocycles. The molecule has 0 unspecified atom stereocenters. The first-order chi connectivity index (χ1) is 10.6. The van der Waals surface area contributed by atoms with E-state index in [0.29, 0.717) is 6.61 Å². The quantitative estimate of drug-likeness (QED) is 0.572. The van der Waals surface area contributed by atoms with Crippen molar-refractivity contribution in [3.05, 3.63) is 65.2 Å². The summed E-state index contributed by atoms with van der Waals surface area (Å²) in [6.45, 7) is 6.40. The van der Waals surface area contributed by atoms with Crippen LogP contribution in [0.3, 0.4) is 0 Å². The number of carbonyl (C=O) groups is 1. The van der Waals surface area contributed by atoms with Crippen molar-refractivity contribution in [2.75, 3.05) is 6.61 Å². The lowest BCUT2D eigenvalue weighted by Gasteiger charge is -2.09. The van der Waals surface area contributed by atoms with Crippen LogP contribution in [-0.2, 0) is 9.53 Å². The van der Waals surface area contributed by atoms with Crippen LogP contribution in [0.15, 0.2) is 58.3 Å². The molecule has 0 aromatic heterocycles. The molecular formula is C19H20O2S. The zero-order valence-corrected chi connectivity index (χ0v) is 13.9. The number of hydrogen-bond donors (Lipinski definition) is 0. The number of esters is 1. The summed E-state index contributed by atoms with van der Waals surface area (Å²) in [6.07, 6.45) is 3.29. The van der Waals surface area contributed by atoms with Gasteiger partial charge < -0.3 is 4.74 Å². The Morgan fingerprint density at radius 1 is 1.14 bits per heavy atom. The molecule has 2 aromatic carbocycles. The number of carbonyl (C=O) groups excluding carboxylic acids is 1. The molecule has 22 heavy (non-hydrogen) atoms. The molecule has 0 fully saturated rings. The Kier molecular flexibility index (Phi) is 5.84. The number of ether oxygens (including phenoxy) is 1. The first-order valence-electron chi connectivity index (χ1n) is 7.29. The minimum absolute atomic E-state index is 0.311. The molecule has 0 N–H and O–H groups in total. The standard InChI is InChI=1S/C19H20O2S/c1-4-21-19(20)12-10-16-7-5-6-8-18(16)22-17-11-9-14(2)13-15(17)3/h5-13H,4H2,1-3H3. The Hall–Kier alpha value is -2.00. The maximum absolute atomic E-state index is 11.5. The Bertz CT molecular complexity index is 690. The van der Waals surface area contributed by atoms with E-state index in [4.69, 9.17) is 4.74 Å². The lowest BCUT2D eigenvalue weighted by atomic mass is 10.2. The van der Waals surface area contributed by atoms with Gasteiger partial charge in [-0.25, -0.2) is 4.79 Å². The molecule has 0 spiro atoms. The van der Waals surface area contributed by atoms with E-state index in [1.165, 1.54) is 22.1 Å². The topological polar surface area (TPSA) is 26.3 Å². The minimum atomic E-state index is -0.311. The van der Waals surface area contributed by atoms with Gasteiger partial charge >= 0.3 is 5.97 Å². The lowest BCUT2D eigenvalue weighted by molar-refractivity contribution is -0.137. The van der Waals surface area contributed by atoms with Crippen LogP contribution in [0.25, 0.3) is 6.08 Å². The second kappa shape index (κ2) is 7.85. The van der Waals surface area contributed by atoms with E-state index in [9.17, 15) is 4.79 Å². The van der Waals surface area contributed by atoms with Gasteiger partial charge in [0.15, 0.2) is 0 Å². The van der Waals surface area contributed by atoms with Crippen LogP contribution in [-0.4, -0.2) is 12.6 Å². The van der Waals surface area contributed by atoms with Crippen molar-refractivity contribution in [1.29, 1.82) is 0 Å². The van der Waals surface area contributed by atoms with E-state index in [-0.39, 0.29) is 5.97 Å². The smallest absolute Gasteiger partial charge is 0.330 e. The number of aryl methyl sites for hydroxylation is 2. The summed E-state index contributed by atoms with van der Waals surface area (Å²) in [6, 6.07) is 14.5. The van der Waals surface area contributed by atoms with E-state index in [1.54, 1.807) is 18.7 Å². The van der Waals surface area contributed by atoms with Gasteiger partial charge in [0.05, 0.1) is 6.61 Å². The van der Waals surface area contributed by atoms with Crippen LogP contribution in [0.5, 0.6) is 0 Å². The van der Waals surface area contributed by atoms with Crippen LogP contribution in [0.4, 0.5) is 0 Å². The highest BCUT2D eigenvalue weighted by Crippen LogP contribution is 2.33. The summed E-state index contributed by atoms with van der Waals surface area (Å²) in [4.78, 5) is 13.8. The summed E-state index contributed by atoms with van der Waals surface area (Å²) in [7, 11) is 0. The van der Waals surface area contributed by atoms with E-state index in [2.05, 4.69) is 38.1 Å². The second-order valence-corrected chi connectivity index (χ2v) is 6.08. The number of rotatable bonds is 5. The third kappa shape index (κ3) is 4.50. The monoisotopic (exact) mass is 312 g/mol. The van der Waals surface area contributed by atoms with Crippen molar-refractivity contribution in [3.63, 3.8) is 0 Å². The van der Waals surface area contributed by atoms with Crippen LogP contribution >= 0.6 is 11.8 Å². The normalized spacial score (nSPS) is 10.9. The van der Waals surface area contributed by atoms with Crippen molar-refractivity contribution in [3.8, 4) is 0 Å². The zero-order chi connectivity index (χ0) is 15.9. The van der Waals surface area contributed by atoms with E-state index < -0.39 is 0 Å². The number of hydrogen-bond acceptors (Lipinski definition) is 3. The van der Waals surface area contributed by atoms with Crippen LogP contribution in [0, 0.1) is 13.8 Å². The molecule has 2 aromatic rings.